The highest BCUT2D eigenvalue weighted by Crippen LogP contribution is 2.33. The third kappa shape index (κ3) is 4.12. The van der Waals surface area contributed by atoms with Gasteiger partial charge in [-0.15, -0.1) is 11.3 Å². The molecule has 126 valence electrons. The van der Waals surface area contributed by atoms with Crippen molar-refractivity contribution in [3.05, 3.63) is 16.5 Å². The van der Waals surface area contributed by atoms with Crippen LogP contribution in [0.2, 0.25) is 0 Å². The topological polar surface area (TPSA) is 61.4 Å². The van der Waals surface area contributed by atoms with Crippen molar-refractivity contribution in [3.63, 3.8) is 0 Å². The van der Waals surface area contributed by atoms with Gasteiger partial charge in [0.1, 0.15) is 0 Å². The van der Waals surface area contributed by atoms with Crippen LogP contribution in [0.3, 0.4) is 0 Å². The summed E-state index contributed by atoms with van der Waals surface area (Å²) in [7, 11) is 2.12. The number of carbonyl (C=O) groups is 2. The van der Waals surface area contributed by atoms with Crippen molar-refractivity contribution in [3.8, 4) is 0 Å². The van der Waals surface area contributed by atoms with Crippen LogP contribution in [0.5, 0.6) is 0 Å². The summed E-state index contributed by atoms with van der Waals surface area (Å²) in [6.45, 7) is 4.70. The number of aryl methyl sites for hydroxylation is 1. The summed E-state index contributed by atoms with van der Waals surface area (Å²) < 4.78 is 0. The Morgan fingerprint density at radius 2 is 2.04 bits per heavy atom. The van der Waals surface area contributed by atoms with E-state index in [2.05, 4.69) is 29.5 Å². The Bertz CT molecular complexity index is 605. The average Bonchev–Trinajstić information content (AvgIpc) is 3.40. The molecule has 0 aromatic carbocycles. The first kappa shape index (κ1) is 16.5. The van der Waals surface area contributed by atoms with E-state index in [4.69, 9.17) is 0 Å². The molecule has 0 bridgehead atoms. The Kier molecular flexibility index (Phi) is 4.73. The summed E-state index contributed by atoms with van der Waals surface area (Å²) in [5.41, 5.74) is 0.918. The van der Waals surface area contributed by atoms with Crippen LogP contribution in [-0.2, 0) is 4.79 Å². The van der Waals surface area contributed by atoms with Gasteiger partial charge in [-0.05, 0) is 58.2 Å². The maximum absolute atomic E-state index is 12.4. The molecule has 2 N–H and O–H groups in total. The van der Waals surface area contributed by atoms with Gasteiger partial charge in [0.05, 0.1) is 9.88 Å². The highest BCUT2D eigenvalue weighted by Gasteiger charge is 2.31. The summed E-state index contributed by atoms with van der Waals surface area (Å²) in [4.78, 5) is 27.2. The van der Waals surface area contributed by atoms with Crippen LogP contribution in [0, 0.1) is 12.8 Å². The van der Waals surface area contributed by atoms with Gasteiger partial charge in [-0.3, -0.25) is 14.5 Å². The lowest BCUT2D eigenvalue weighted by Crippen LogP contribution is -2.41. The van der Waals surface area contributed by atoms with Crippen molar-refractivity contribution in [2.75, 3.05) is 18.9 Å². The van der Waals surface area contributed by atoms with Gasteiger partial charge in [0.2, 0.25) is 5.91 Å². The van der Waals surface area contributed by atoms with Crippen molar-refractivity contribution >= 4 is 28.2 Å². The minimum Gasteiger partial charge on any atom is -0.350 e. The van der Waals surface area contributed by atoms with Gasteiger partial charge < -0.3 is 10.6 Å². The first-order chi connectivity index (χ1) is 11.0. The molecule has 5 nitrogen and oxygen atoms in total. The first-order valence-electron chi connectivity index (χ1n) is 8.37. The molecule has 23 heavy (non-hydrogen) atoms. The van der Waals surface area contributed by atoms with Gasteiger partial charge >= 0.3 is 0 Å². The molecule has 1 unspecified atom stereocenters. The van der Waals surface area contributed by atoms with Crippen LogP contribution in [-0.4, -0.2) is 42.4 Å². The van der Waals surface area contributed by atoms with Gasteiger partial charge in [-0.25, -0.2) is 0 Å². The molecule has 3 rings (SSSR count). The maximum atomic E-state index is 12.4. The Balaban J connectivity index is 1.53. The third-order valence-electron chi connectivity index (χ3n) is 4.69. The summed E-state index contributed by atoms with van der Waals surface area (Å²) in [6, 6.07) is 2.91. The van der Waals surface area contributed by atoms with Crippen molar-refractivity contribution in [1.82, 2.24) is 10.2 Å². The van der Waals surface area contributed by atoms with Crippen LogP contribution in [0.15, 0.2) is 6.07 Å². The van der Waals surface area contributed by atoms with Gasteiger partial charge in [-0.2, -0.15) is 0 Å². The van der Waals surface area contributed by atoms with E-state index in [-0.39, 0.29) is 17.7 Å². The molecule has 1 aromatic heterocycles. The molecule has 0 radical (unpaired) electrons. The van der Waals surface area contributed by atoms with E-state index in [0.717, 1.165) is 23.4 Å². The Hall–Kier alpha value is -1.40. The molecule has 2 saturated carbocycles. The zero-order valence-electron chi connectivity index (χ0n) is 14.0. The minimum atomic E-state index is -0.0459. The van der Waals surface area contributed by atoms with E-state index in [9.17, 15) is 9.59 Å². The van der Waals surface area contributed by atoms with E-state index in [1.54, 1.807) is 0 Å². The maximum Gasteiger partial charge on any atom is 0.261 e. The van der Waals surface area contributed by atoms with Crippen molar-refractivity contribution < 1.29 is 9.59 Å². The van der Waals surface area contributed by atoms with E-state index < -0.39 is 0 Å². The molecule has 1 aromatic rings. The lowest BCUT2D eigenvalue weighted by molar-refractivity contribution is -0.117. The molecule has 0 aliphatic heterocycles. The van der Waals surface area contributed by atoms with Crippen LogP contribution >= 0.6 is 11.3 Å². The predicted octanol–water partition coefficient (Wildman–Crippen LogP) is 2.62. The summed E-state index contributed by atoms with van der Waals surface area (Å²) in [6.07, 6.45) is 4.50. The molecule has 0 saturated heterocycles. The molecule has 2 aliphatic carbocycles. The Morgan fingerprint density at radius 1 is 1.35 bits per heavy atom. The quantitative estimate of drug-likeness (QED) is 0.805. The molecular weight excluding hydrogens is 310 g/mol. The van der Waals surface area contributed by atoms with Crippen molar-refractivity contribution in [2.45, 2.75) is 51.6 Å². The van der Waals surface area contributed by atoms with E-state index in [1.807, 2.05) is 13.0 Å². The molecule has 0 spiro atoms. The fourth-order valence-electron chi connectivity index (χ4n) is 2.64. The van der Waals surface area contributed by atoms with Gasteiger partial charge in [-0.1, -0.05) is 0 Å². The number of amides is 2. The second-order valence-electron chi connectivity index (χ2n) is 6.84. The van der Waals surface area contributed by atoms with E-state index in [1.165, 1.54) is 24.2 Å². The van der Waals surface area contributed by atoms with E-state index >= 15 is 0 Å². The number of nitrogens with zero attached hydrogens (tertiary/aromatic N) is 1. The normalized spacial score (nSPS) is 18.8. The number of hydrogen-bond acceptors (Lipinski definition) is 4. The van der Waals surface area contributed by atoms with Gasteiger partial charge in [0, 0.05) is 24.5 Å². The zero-order valence-corrected chi connectivity index (χ0v) is 14.8. The number of hydrogen-bond donors (Lipinski definition) is 2. The molecule has 2 aliphatic rings. The fourth-order valence-corrected chi connectivity index (χ4v) is 3.64. The van der Waals surface area contributed by atoms with Gasteiger partial charge in [0.15, 0.2) is 0 Å². The van der Waals surface area contributed by atoms with Crippen LogP contribution in [0.25, 0.3) is 0 Å². The fraction of sp³-hybridized carbons (Fsp3) is 0.647. The highest BCUT2D eigenvalue weighted by atomic mass is 32.1. The van der Waals surface area contributed by atoms with Crippen molar-refractivity contribution in [1.29, 1.82) is 0 Å². The number of thiophene rings is 1. The number of anilines is 1. The molecule has 1 atom stereocenters. The molecule has 2 fully saturated rings. The van der Waals surface area contributed by atoms with Crippen LogP contribution in [0.4, 0.5) is 5.00 Å². The molecule has 6 heteroatoms. The number of likely N-dealkylation sites (N-methyl/N-ethyl adjacent to an activating group) is 1. The third-order valence-corrected chi connectivity index (χ3v) is 5.85. The highest BCUT2D eigenvalue weighted by molar-refractivity contribution is 7.18. The lowest BCUT2D eigenvalue weighted by atomic mass is 10.2. The zero-order chi connectivity index (χ0) is 16.6. The molecule has 2 amide bonds. The second kappa shape index (κ2) is 6.61. The van der Waals surface area contributed by atoms with Crippen molar-refractivity contribution in [2.24, 2.45) is 5.92 Å². The lowest BCUT2D eigenvalue weighted by Gasteiger charge is -2.24. The molecule has 1 heterocycles. The predicted molar refractivity (Wildman–Crippen MR) is 93.0 cm³/mol. The number of nitrogens with one attached hydrogen (secondary N) is 2. The first-order valence-corrected chi connectivity index (χ1v) is 9.18. The average molecular weight is 335 g/mol. The van der Waals surface area contributed by atoms with Crippen LogP contribution < -0.4 is 10.6 Å². The number of rotatable bonds is 7. The largest absolute Gasteiger partial charge is 0.350 e. The smallest absolute Gasteiger partial charge is 0.261 e. The summed E-state index contributed by atoms with van der Waals surface area (Å²) in [5.74, 6) is 0.210. The Labute approximate surface area is 141 Å². The number of carbonyl (C=O) groups excluding carboxylic acids is 2. The second-order valence-corrected chi connectivity index (χ2v) is 7.89. The Morgan fingerprint density at radius 3 is 2.65 bits per heavy atom. The molecular formula is C17H25N3O2S. The van der Waals surface area contributed by atoms with Crippen LogP contribution in [0.1, 0.15) is 47.8 Å². The summed E-state index contributed by atoms with van der Waals surface area (Å²) >= 11 is 1.36. The van der Waals surface area contributed by atoms with E-state index in [0.29, 0.717) is 23.5 Å². The van der Waals surface area contributed by atoms with Gasteiger partial charge in [0.25, 0.3) is 5.91 Å². The standard InChI is InChI=1S/C17H25N3O2S/c1-10-8-14(19-16(21)12-4-5-12)23-15(10)17(22)18-9-11(2)20(3)13-6-7-13/h8,11-13H,4-7,9H2,1-3H3,(H,18,22)(H,19,21). The summed E-state index contributed by atoms with van der Waals surface area (Å²) in [5, 5.41) is 6.71. The minimum absolute atomic E-state index is 0.0459. The SMILES string of the molecule is Cc1cc(NC(=O)C2CC2)sc1C(=O)NCC(C)N(C)C1CC1. The monoisotopic (exact) mass is 335 g/mol.